The molecular weight excluding hydrogens is 236 g/mol. The standard InChI is InChI=1S/C12H28N2O2S/c1-10(2)8-14(9-11(3)4)17(15,16)12(5)7-13-6/h10-13H,7-9H2,1-6H3. The van der Waals surface area contributed by atoms with E-state index < -0.39 is 10.0 Å². The molecule has 0 bridgehead atoms. The van der Waals surface area contributed by atoms with Gasteiger partial charge in [0.05, 0.1) is 5.25 Å². The lowest BCUT2D eigenvalue weighted by Crippen LogP contribution is -2.44. The van der Waals surface area contributed by atoms with Gasteiger partial charge in [0.1, 0.15) is 0 Å². The fourth-order valence-electron chi connectivity index (χ4n) is 1.74. The largest absolute Gasteiger partial charge is 0.318 e. The van der Waals surface area contributed by atoms with Crippen LogP contribution < -0.4 is 5.32 Å². The van der Waals surface area contributed by atoms with E-state index in [1.165, 1.54) is 0 Å². The van der Waals surface area contributed by atoms with Crippen LogP contribution in [0.1, 0.15) is 34.6 Å². The second kappa shape index (κ2) is 7.34. The minimum atomic E-state index is -3.18. The topological polar surface area (TPSA) is 49.4 Å². The number of hydrogen-bond acceptors (Lipinski definition) is 3. The summed E-state index contributed by atoms with van der Waals surface area (Å²) in [5.41, 5.74) is 0. The Morgan fingerprint density at radius 2 is 1.41 bits per heavy atom. The van der Waals surface area contributed by atoms with E-state index in [4.69, 9.17) is 0 Å². The summed E-state index contributed by atoms with van der Waals surface area (Å²) in [6, 6.07) is 0. The van der Waals surface area contributed by atoms with Crippen LogP contribution in [0.5, 0.6) is 0 Å². The Bertz CT molecular complexity index is 290. The Labute approximate surface area is 107 Å². The molecule has 4 nitrogen and oxygen atoms in total. The third-order valence-corrected chi connectivity index (χ3v) is 4.70. The molecule has 0 aliphatic heterocycles. The normalized spacial score (nSPS) is 14.9. The second-order valence-electron chi connectivity index (χ2n) is 5.52. The average Bonchev–Trinajstić information content (AvgIpc) is 2.15. The third-order valence-electron chi connectivity index (χ3n) is 2.50. The van der Waals surface area contributed by atoms with Crippen molar-refractivity contribution in [3.8, 4) is 0 Å². The molecule has 0 radical (unpaired) electrons. The highest BCUT2D eigenvalue weighted by Gasteiger charge is 2.29. The van der Waals surface area contributed by atoms with E-state index in [2.05, 4.69) is 5.32 Å². The molecule has 0 aromatic rings. The zero-order valence-electron chi connectivity index (χ0n) is 12.0. The van der Waals surface area contributed by atoms with Gasteiger partial charge in [-0.05, 0) is 25.8 Å². The van der Waals surface area contributed by atoms with Crippen LogP contribution in [0.2, 0.25) is 0 Å². The third kappa shape index (κ3) is 5.84. The SMILES string of the molecule is CNCC(C)S(=O)(=O)N(CC(C)C)CC(C)C. The lowest BCUT2D eigenvalue weighted by molar-refractivity contribution is 0.329. The van der Waals surface area contributed by atoms with E-state index in [-0.39, 0.29) is 5.25 Å². The van der Waals surface area contributed by atoms with Gasteiger partial charge < -0.3 is 5.32 Å². The van der Waals surface area contributed by atoms with E-state index in [1.807, 2.05) is 27.7 Å². The quantitative estimate of drug-likeness (QED) is 0.723. The smallest absolute Gasteiger partial charge is 0.217 e. The first-order valence-electron chi connectivity index (χ1n) is 6.35. The van der Waals surface area contributed by atoms with Crippen LogP contribution in [0.15, 0.2) is 0 Å². The molecule has 0 amide bonds. The Hall–Kier alpha value is -0.130. The van der Waals surface area contributed by atoms with Gasteiger partial charge in [0.2, 0.25) is 10.0 Å². The van der Waals surface area contributed by atoms with E-state index in [0.29, 0.717) is 31.5 Å². The second-order valence-corrected chi connectivity index (χ2v) is 7.87. The van der Waals surface area contributed by atoms with Gasteiger partial charge in [-0.3, -0.25) is 0 Å². The van der Waals surface area contributed by atoms with Crippen molar-refractivity contribution < 1.29 is 8.42 Å². The molecule has 0 heterocycles. The van der Waals surface area contributed by atoms with Gasteiger partial charge in [-0.25, -0.2) is 12.7 Å². The van der Waals surface area contributed by atoms with Crippen molar-refractivity contribution in [1.29, 1.82) is 0 Å². The highest BCUT2D eigenvalue weighted by atomic mass is 32.2. The van der Waals surface area contributed by atoms with Crippen molar-refractivity contribution in [2.45, 2.75) is 39.9 Å². The molecule has 0 spiro atoms. The van der Waals surface area contributed by atoms with Gasteiger partial charge >= 0.3 is 0 Å². The Balaban J connectivity index is 4.87. The summed E-state index contributed by atoms with van der Waals surface area (Å²) in [4.78, 5) is 0. The molecular formula is C12H28N2O2S. The minimum absolute atomic E-state index is 0.352. The summed E-state index contributed by atoms with van der Waals surface area (Å²) in [6.45, 7) is 11.7. The molecule has 0 aromatic carbocycles. The van der Waals surface area contributed by atoms with Crippen LogP contribution in [-0.4, -0.2) is 44.7 Å². The molecule has 0 rings (SSSR count). The van der Waals surface area contributed by atoms with Gasteiger partial charge in [-0.2, -0.15) is 0 Å². The van der Waals surface area contributed by atoms with Gasteiger partial charge in [0.15, 0.2) is 0 Å². The molecule has 17 heavy (non-hydrogen) atoms. The van der Waals surface area contributed by atoms with Crippen molar-refractivity contribution in [3.63, 3.8) is 0 Å². The van der Waals surface area contributed by atoms with Crippen molar-refractivity contribution in [2.24, 2.45) is 11.8 Å². The molecule has 1 N–H and O–H groups in total. The van der Waals surface area contributed by atoms with Gasteiger partial charge in [0, 0.05) is 19.6 Å². The molecule has 0 fully saturated rings. The summed E-state index contributed by atoms with van der Waals surface area (Å²) in [5, 5.41) is 2.56. The monoisotopic (exact) mass is 264 g/mol. The first kappa shape index (κ1) is 16.9. The number of hydrogen-bond donors (Lipinski definition) is 1. The molecule has 0 saturated carbocycles. The molecule has 1 atom stereocenters. The number of nitrogens with zero attached hydrogens (tertiary/aromatic N) is 1. The lowest BCUT2D eigenvalue weighted by atomic mass is 10.2. The van der Waals surface area contributed by atoms with Gasteiger partial charge in [0.25, 0.3) is 0 Å². The van der Waals surface area contributed by atoms with Crippen LogP contribution in [0.3, 0.4) is 0 Å². The first-order valence-corrected chi connectivity index (χ1v) is 7.85. The lowest BCUT2D eigenvalue weighted by Gasteiger charge is -2.28. The molecule has 0 aliphatic carbocycles. The first-order chi connectivity index (χ1) is 7.71. The maximum Gasteiger partial charge on any atom is 0.217 e. The van der Waals surface area contributed by atoms with E-state index in [9.17, 15) is 8.42 Å². The fourth-order valence-corrected chi connectivity index (χ4v) is 3.64. The van der Waals surface area contributed by atoms with Crippen molar-refractivity contribution in [1.82, 2.24) is 9.62 Å². The maximum absolute atomic E-state index is 12.4. The molecule has 0 aliphatic rings. The van der Waals surface area contributed by atoms with Crippen LogP contribution >= 0.6 is 0 Å². The molecule has 104 valence electrons. The highest BCUT2D eigenvalue weighted by molar-refractivity contribution is 7.89. The Morgan fingerprint density at radius 3 is 1.71 bits per heavy atom. The number of sulfonamides is 1. The zero-order valence-corrected chi connectivity index (χ0v) is 12.8. The van der Waals surface area contributed by atoms with Crippen LogP contribution in [-0.2, 0) is 10.0 Å². The fraction of sp³-hybridized carbons (Fsp3) is 1.00. The predicted molar refractivity (Wildman–Crippen MR) is 73.6 cm³/mol. The van der Waals surface area contributed by atoms with Crippen LogP contribution in [0.25, 0.3) is 0 Å². The van der Waals surface area contributed by atoms with E-state index in [1.54, 1.807) is 18.3 Å². The predicted octanol–water partition coefficient (Wildman–Crippen LogP) is 1.54. The summed E-state index contributed by atoms with van der Waals surface area (Å²) >= 11 is 0. The summed E-state index contributed by atoms with van der Waals surface area (Å²) < 4.78 is 26.4. The zero-order chi connectivity index (χ0) is 13.6. The van der Waals surface area contributed by atoms with Crippen molar-refractivity contribution in [2.75, 3.05) is 26.7 Å². The number of nitrogens with one attached hydrogen (secondary N) is 1. The summed E-state index contributed by atoms with van der Waals surface area (Å²) in [7, 11) is -1.40. The van der Waals surface area contributed by atoms with Crippen LogP contribution in [0, 0.1) is 11.8 Å². The maximum atomic E-state index is 12.4. The highest BCUT2D eigenvalue weighted by Crippen LogP contribution is 2.14. The number of rotatable bonds is 8. The van der Waals surface area contributed by atoms with Crippen molar-refractivity contribution >= 4 is 10.0 Å². The Kier molecular flexibility index (Phi) is 7.28. The van der Waals surface area contributed by atoms with Crippen LogP contribution in [0.4, 0.5) is 0 Å². The van der Waals surface area contributed by atoms with Gasteiger partial charge in [-0.15, -0.1) is 0 Å². The van der Waals surface area contributed by atoms with Crippen molar-refractivity contribution in [3.05, 3.63) is 0 Å². The van der Waals surface area contributed by atoms with E-state index >= 15 is 0 Å². The average molecular weight is 264 g/mol. The Morgan fingerprint density at radius 1 is 1.00 bits per heavy atom. The summed E-state index contributed by atoms with van der Waals surface area (Å²) in [5.74, 6) is 0.704. The molecule has 1 unspecified atom stereocenters. The summed E-state index contributed by atoms with van der Waals surface area (Å²) in [6.07, 6.45) is 0. The molecule has 0 aromatic heterocycles. The van der Waals surface area contributed by atoms with E-state index in [0.717, 1.165) is 0 Å². The minimum Gasteiger partial charge on any atom is -0.318 e. The van der Waals surface area contributed by atoms with Gasteiger partial charge in [-0.1, -0.05) is 27.7 Å². The molecule has 5 heteroatoms. The molecule has 0 saturated heterocycles.